The minimum atomic E-state index is 0.359. The zero-order chi connectivity index (χ0) is 16.3. The second-order valence-electron chi connectivity index (χ2n) is 10.1. The Balaban J connectivity index is 0.000000110. The monoisotopic (exact) mass is 328 g/mol. The van der Waals surface area contributed by atoms with Crippen LogP contribution < -0.4 is 5.73 Å². The van der Waals surface area contributed by atoms with E-state index < -0.39 is 0 Å². The third kappa shape index (κ3) is 2.57. The van der Waals surface area contributed by atoms with Crippen molar-refractivity contribution < 1.29 is 0 Å². The highest BCUT2D eigenvalue weighted by Gasteiger charge is 2.48. The van der Waals surface area contributed by atoms with Gasteiger partial charge in [-0.05, 0) is 117 Å². The number of nitrogens with zero attached hydrogens (tertiary/aromatic N) is 3. The van der Waals surface area contributed by atoms with Gasteiger partial charge in [0.1, 0.15) is 0 Å². The van der Waals surface area contributed by atoms with Crippen LogP contribution in [0.1, 0.15) is 64.2 Å². The van der Waals surface area contributed by atoms with E-state index in [2.05, 4.69) is 10.0 Å². The molecule has 24 heavy (non-hydrogen) atoms. The Kier molecular flexibility index (Phi) is 3.83. The number of hydrogen-bond acceptors (Lipinski definition) is 2. The quantitative estimate of drug-likeness (QED) is 0.415. The molecule has 0 spiro atoms. The fourth-order valence-electron chi connectivity index (χ4n) is 8.11. The van der Waals surface area contributed by atoms with Gasteiger partial charge in [-0.3, -0.25) is 0 Å². The Hall–Kier alpha value is -0.730. The number of nitrogens with two attached hydrogens (primary N) is 1. The fraction of sp³-hybridized carbons (Fsp3) is 1.00. The first-order valence-electron chi connectivity index (χ1n) is 10.5. The Morgan fingerprint density at radius 3 is 1.38 bits per heavy atom. The van der Waals surface area contributed by atoms with Crippen LogP contribution in [0.25, 0.3) is 10.4 Å². The van der Waals surface area contributed by atoms with Crippen LogP contribution in [0.15, 0.2) is 5.11 Å². The van der Waals surface area contributed by atoms with E-state index >= 15 is 0 Å². The van der Waals surface area contributed by atoms with E-state index in [1.54, 1.807) is 6.42 Å². The van der Waals surface area contributed by atoms with Gasteiger partial charge >= 0.3 is 0 Å². The molecule has 0 radical (unpaired) electrons. The molecule has 0 aliphatic heterocycles. The molecule has 132 valence electrons. The van der Waals surface area contributed by atoms with Crippen molar-refractivity contribution in [2.45, 2.75) is 76.3 Å². The predicted octanol–water partition coefficient (Wildman–Crippen LogP) is 4.89. The molecule has 4 heteroatoms. The zero-order valence-electron chi connectivity index (χ0n) is 14.8. The second kappa shape index (κ2) is 5.92. The van der Waals surface area contributed by atoms with Crippen molar-refractivity contribution in [2.75, 3.05) is 0 Å². The SMILES string of the molecule is NC1C2CC3CC(C2)CC1C3.[N-]=[N+]=NC1C2CC3CC(C2)CC1C3. The molecule has 0 aromatic heterocycles. The summed E-state index contributed by atoms with van der Waals surface area (Å²) in [6.07, 6.45) is 14.3. The summed E-state index contributed by atoms with van der Waals surface area (Å²) >= 11 is 0. The first-order chi connectivity index (χ1) is 11.7. The maximum absolute atomic E-state index is 8.51. The smallest absolute Gasteiger partial charge is 0.0430 e. The summed E-state index contributed by atoms with van der Waals surface area (Å²) in [5.74, 6) is 7.45. The lowest BCUT2D eigenvalue weighted by Crippen LogP contribution is -2.52. The summed E-state index contributed by atoms with van der Waals surface area (Å²) in [5.41, 5.74) is 14.7. The van der Waals surface area contributed by atoms with Crippen LogP contribution in [0.2, 0.25) is 0 Å². The fourth-order valence-corrected chi connectivity index (χ4v) is 8.11. The molecule has 4 nitrogen and oxygen atoms in total. The summed E-state index contributed by atoms with van der Waals surface area (Å²) < 4.78 is 0. The first-order valence-corrected chi connectivity index (χ1v) is 10.5. The molecule has 8 rings (SSSR count). The van der Waals surface area contributed by atoms with Crippen LogP contribution in [-0.4, -0.2) is 12.1 Å². The summed E-state index contributed by atoms with van der Waals surface area (Å²) in [6.45, 7) is 0. The third-order valence-corrected chi connectivity index (χ3v) is 8.66. The van der Waals surface area contributed by atoms with Crippen molar-refractivity contribution in [3.05, 3.63) is 10.4 Å². The van der Waals surface area contributed by atoms with Crippen LogP contribution in [0.4, 0.5) is 0 Å². The third-order valence-electron chi connectivity index (χ3n) is 8.66. The molecule has 0 aromatic rings. The predicted molar refractivity (Wildman–Crippen MR) is 95.0 cm³/mol. The van der Waals surface area contributed by atoms with Crippen molar-refractivity contribution in [1.82, 2.24) is 0 Å². The van der Waals surface area contributed by atoms with Gasteiger partial charge in [-0.1, -0.05) is 5.11 Å². The number of azide groups is 1. The Morgan fingerprint density at radius 2 is 1.00 bits per heavy atom. The summed E-state index contributed by atoms with van der Waals surface area (Å²) in [7, 11) is 0. The van der Waals surface area contributed by atoms with Gasteiger partial charge < -0.3 is 5.73 Å². The van der Waals surface area contributed by atoms with Crippen molar-refractivity contribution in [1.29, 1.82) is 0 Å². The minimum absolute atomic E-state index is 0.359. The molecule has 2 N–H and O–H groups in total. The molecule has 0 atom stereocenters. The molecule has 8 aliphatic rings. The second-order valence-corrected chi connectivity index (χ2v) is 10.1. The summed E-state index contributed by atoms with van der Waals surface area (Å²) in [4.78, 5) is 3.01. The molecule has 8 fully saturated rings. The maximum atomic E-state index is 8.51. The lowest BCUT2D eigenvalue weighted by atomic mass is 9.54. The van der Waals surface area contributed by atoms with Crippen LogP contribution in [0.5, 0.6) is 0 Å². The van der Waals surface area contributed by atoms with Crippen LogP contribution in [0.3, 0.4) is 0 Å². The molecule has 8 aliphatic carbocycles. The molecular formula is C20H32N4. The van der Waals surface area contributed by atoms with Gasteiger partial charge in [0.15, 0.2) is 0 Å². The molecule has 0 aromatic carbocycles. The molecule has 8 bridgehead atoms. The highest BCUT2D eigenvalue weighted by atomic mass is 15.2. The molecule has 0 amide bonds. The van der Waals surface area contributed by atoms with E-state index in [1.807, 2.05) is 0 Å². The van der Waals surface area contributed by atoms with Crippen molar-refractivity contribution in [3.8, 4) is 0 Å². The van der Waals surface area contributed by atoms with Gasteiger partial charge in [-0.25, -0.2) is 0 Å². The maximum Gasteiger partial charge on any atom is 0.0430 e. The van der Waals surface area contributed by atoms with Crippen molar-refractivity contribution in [3.63, 3.8) is 0 Å². The molecule has 0 saturated heterocycles. The van der Waals surface area contributed by atoms with Gasteiger partial charge in [0.25, 0.3) is 0 Å². The average molecular weight is 329 g/mol. The van der Waals surface area contributed by atoms with Gasteiger partial charge in [-0.15, -0.1) is 0 Å². The van der Waals surface area contributed by atoms with E-state index in [1.165, 1.54) is 57.8 Å². The van der Waals surface area contributed by atoms with E-state index in [9.17, 15) is 0 Å². The lowest BCUT2D eigenvalue weighted by Gasteiger charge is -2.53. The Morgan fingerprint density at radius 1 is 0.625 bits per heavy atom. The van der Waals surface area contributed by atoms with Crippen LogP contribution in [-0.2, 0) is 0 Å². The highest BCUT2D eigenvalue weighted by molar-refractivity contribution is 5.01. The van der Waals surface area contributed by atoms with Crippen LogP contribution in [0, 0.1) is 47.3 Å². The molecular weight excluding hydrogens is 296 g/mol. The largest absolute Gasteiger partial charge is 0.327 e. The van der Waals surface area contributed by atoms with Gasteiger partial charge in [0.2, 0.25) is 0 Å². The van der Waals surface area contributed by atoms with E-state index in [0.29, 0.717) is 12.1 Å². The summed E-state index contributed by atoms with van der Waals surface area (Å²) in [6, 6.07) is 0.945. The van der Waals surface area contributed by atoms with E-state index in [0.717, 1.165) is 47.3 Å². The number of hydrogen-bond donors (Lipinski definition) is 1. The molecule has 8 saturated carbocycles. The summed E-state index contributed by atoms with van der Waals surface area (Å²) in [5, 5.41) is 4.00. The van der Waals surface area contributed by atoms with Gasteiger partial charge in [-0.2, -0.15) is 0 Å². The standard InChI is InChI=1S/C10H15N3.C10H17N/c11-13-12-10-8-2-6-1-7(4-8)5-9(10)3-6;11-10-8-2-6-1-7(4-8)5-9(10)3-6/h6-10H,1-5H2;6-10H,1-5,11H2. The highest BCUT2D eigenvalue weighted by Crippen LogP contribution is 2.55. The molecule has 0 heterocycles. The van der Waals surface area contributed by atoms with E-state index in [4.69, 9.17) is 11.3 Å². The van der Waals surface area contributed by atoms with Gasteiger partial charge in [0.05, 0.1) is 0 Å². The number of rotatable bonds is 1. The van der Waals surface area contributed by atoms with Crippen LogP contribution >= 0.6 is 0 Å². The van der Waals surface area contributed by atoms with Crippen molar-refractivity contribution >= 4 is 0 Å². The molecule has 0 unspecified atom stereocenters. The minimum Gasteiger partial charge on any atom is -0.327 e. The van der Waals surface area contributed by atoms with Gasteiger partial charge in [0, 0.05) is 17.0 Å². The lowest BCUT2D eigenvalue weighted by molar-refractivity contribution is 0.000345. The average Bonchev–Trinajstić information content (AvgIpc) is 2.55. The first kappa shape index (κ1) is 15.5. The topological polar surface area (TPSA) is 74.8 Å². The Labute approximate surface area is 145 Å². The Bertz CT molecular complexity index is 482. The zero-order valence-corrected chi connectivity index (χ0v) is 14.8. The van der Waals surface area contributed by atoms with E-state index in [-0.39, 0.29) is 0 Å². The normalized spacial score (nSPS) is 55.7. The van der Waals surface area contributed by atoms with Crippen molar-refractivity contribution in [2.24, 2.45) is 58.2 Å².